The van der Waals surface area contributed by atoms with Gasteiger partial charge in [0.05, 0.1) is 10.8 Å². The maximum Gasteiger partial charge on any atom is 0.337 e. The number of carboxylic acids is 1. The van der Waals surface area contributed by atoms with Crippen molar-refractivity contribution in [3.8, 4) is 0 Å². The normalized spacial score (nSPS) is 11.5. The molecule has 0 saturated heterocycles. The van der Waals surface area contributed by atoms with Crippen LogP contribution < -0.4 is 4.31 Å². The van der Waals surface area contributed by atoms with E-state index in [4.69, 9.17) is 5.11 Å². The molecule has 0 saturated carbocycles. The molecular weight excluding hydrogens is 244 g/mol. The van der Waals surface area contributed by atoms with Gasteiger partial charge in [0.2, 0.25) is 10.0 Å². The Labute approximate surface area is 100.0 Å². The molecule has 0 atom stereocenters. The van der Waals surface area contributed by atoms with Crippen LogP contribution in [0.1, 0.15) is 24.2 Å². The number of pyridine rings is 1. The molecule has 0 radical (unpaired) electrons. The number of anilines is 1. The first-order valence-corrected chi connectivity index (χ1v) is 6.44. The van der Waals surface area contributed by atoms with E-state index in [0.717, 1.165) is 10.5 Å². The van der Waals surface area contributed by atoms with Gasteiger partial charge in [-0.1, -0.05) is 0 Å². The first kappa shape index (κ1) is 13.4. The van der Waals surface area contributed by atoms with Crippen molar-refractivity contribution in [1.29, 1.82) is 0 Å². The Balaban J connectivity index is 3.06. The second-order valence-electron chi connectivity index (χ2n) is 3.77. The number of carbonyl (C=O) groups is 1. The van der Waals surface area contributed by atoms with E-state index in [2.05, 4.69) is 4.98 Å². The number of rotatable bonds is 4. The van der Waals surface area contributed by atoms with Gasteiger partial charge in [0.1, 0.15) is 5.82 Å². The lowest BCUT2D eigenvalue weighted by Crippen LogP contribution is -2.33. The molecular formula is C10H14N2O4S. The van der Waals surface area contributed by atoms with Crippen LogP contribution in [0.4, 0.5) is 5.82 Å². The van der Waals surface area contributed by atoms with E-state index in [-0.39, 0.29) is 11.4 Å². The lowest BCUT2D eigenvalue weighted by Gasteiger charge is -2.20. The van der Waals surface area contributed by atoms with Crippen molar-refractivity contribution in [2.75, 3.05) is 11.4 Å². The summed E-state index contributed by atoms with van der Waals surface area (Å²) >= 11 is 0. The smallest absolute Gasteiger partial charge is 0.337 e. The molecule has 0 aliphatic rings. The molecule has 1 aromatic rings. The Morgan fingerprint density at radius 3 is 2.35 bits per heavy atom. The van der Waals surface area contributed by atoms with Crippen molar-refractivity contribution in [1.82, 2.24) is 4.98 Å². The number of hydrogen-bond acceptors (Lipinski definition) is 4. The summed E-state index contributed by atoms with van der Waals surface area (Å²) in [6.45, 7) is 3.13. The SMILES string of the molecule is CC(C)S(=O)(=O)N(C)c1ccc(C(=O)O)cn1. The third-order valence-corrected chi connectivity index (χ3v) is 4.44. The van der Waals surface area contributed by atoms with Gasteiger partial charge in [-0.25, -0.2) is 18.2 Å². The molecule has 1 N–H and O–H groups in total. The standard InChI is InChI=1S/C10H14N2O4S/c1-7(2)17(15,16)12(3)9-5-4-8(6-11-9)10(13)14/h4-7H,1-3H3,(H,13,14). The summed E-state index contributed by atoms with van der Waals surface area (Å²) in [4.78, 5) is 14.4. The van der Waals surface area contributed by atoms with Gasteiger partial charge in [0.15, 0.2) is 0 Å². The van der Waals surface area contributed by atoms with E-state index in [0.29, 0.717) is 0 Å². The molecule has 0 aromatic carbocycles. The topological polar surface area (TPSA) is 87.6 Å². The number of nitrogens with zero attached hydrogens (tertiary/aromatic N) is 2. The summed E-state index contributed by atoms with van der Waals surface area (Å²) in [6, 6.07) is 2.68. The molecule has 0 aliphatic heterocycles. The van der Waals surface area contributed by atoms with E-state index in [1.807, 2.05) is 0 Å². The summed E-state index contributed by atoms with van der Waals surface area (Å²) in [6.07, 6.45) is 1.13. The molecule has 1 heterocycles. The zero-order valence-electron chi connectivity index (χ0n) is 9.78. The fraction of sp³-hybridized carbons (Fsp3) is 0.400. The maximum atomic E-state index is 11.8. The number of carboxylic acid groups (broad SMARTS) is 1. The minimum atomic E-state index is -3.44. The highest BCUT2D eigenvalue weighted by atomic mass is 32.2. The number of aromatic carboxylic acids is 1. The van der Waals surface area contributed by atoms with Crippen LogP contribution in [-0.4, -0.2) is 36.8 Å². The Kier molecular flexibility index (Phi) is 3.72. The second-order valence-corrected chi connectivity index (χ2v) is 6.29. The maximum absolute atomic E-state index is 11.8. The predicted molar refractivity (Wildman–Crippen MR) is 63.7 cm³/mol. The van der Waals surface area contributed by atoms with Crippen LogP contribution >= 0.6 is 0 Å². The van der Waals surface area contributed by atoms with E-state index >= 15 is 0 Å². The van der Waals surface area contributed by atoms with Crippen LogP contribution in [0.2, 0.25) is 0 Å². The van der Waals surface area contributed by atoms with Gasteiger partial charge < -0.3 is 5.11 Å². The number of hydrogen-bond donors (Lipinski definition) is 1. The average Bonchev–Trinajstić information content (AvgIpc) is 2.27. The van der Waals surface area contributed by atoms with Gasteiger partial charge in [0, 0.05) is 13.2 Å². The van der Waals surface area contributed by atoms with Gasteiger partial charge in [-0.05, 0) is 26.0 Å². The monoisotopic (exact) mass is 258 g/mol. The van der Waals surface area contributed by atoms with E-state index in [9.17, 15) is 13.2 Å². The van der Waals surface area contributed by atoms with Gasteiger partial charge in [-0.2, -0.15) is 0 Å². The third kappa shape index (κ3) is 2.73. The van der Waals surface area contributed by atoms with Crippen LogP contribution in [0, 0.1) is 0 Å². The average molecular weight is 258 g/mol. The summed E-state index contributed by atoms with van der Waals surface area (Å²) in [5, 5.41) is 8.13. The van der Waals surface area contributed by atoms with Gasteiger partial charge in [-0.15, -0.1) is 0 Å². The molecule has 0 amide bonds. The fourth-order valence-corrected chi connectivity index (χ4v) is 2.15. The summed E-state index contributed by atoms with van der Waals surface area (Å²) in [5.74, 6) is -0.901. The molecule has 0 spiro atoms. The molecule has 0 unspecified atom stereocenters. The van der Waals surface area contributed by atoms with Crippen molar-refractivity contribution in [3.05, 3.63) is 23.9 Å². The lowest BCUT2D eigenvalue weighted by molar-refractivity contribution is 0.0696. The molecule has 0 aliphatic carbocycles. The van der Waals surface area contributed by atoms with Crippen molar-refractivity contribution in [2.24, 2.45) is 0 Å². The van der Waals surface area contributed by atoms with Gasteiger partial charge >= 0.3 is 5.97 Å². The van der Waals surface area contributed by atoms with Crippen molar-refractivity contribution in [3.63, 3.8) is 0 Å². The molecule has 6 nitrogen and oxygen atoms in total. The first-order valence-electron chi connectivity index (χ1n) is 4.94. The van der Waals surface area contributed by atoms with Crippen LogP contribution in [0.3, 0.4) is 0 Å². The molecule has 1 aromatic heterocycles. The predicted octanol–water partition coefficient (Wildman–Crippen LogP) is 0.954. The molecule has 1 rings (SSSR count). The van der Waals surface area contributed by atoms with E-state index in [1.165, 1.54) is 19.2 Å². The van der Waals surface area contributed by atoms with E-state index < -0.39 is 21.2 Å². The zero-order chi connectivity index (χ0) is 13.2. The quantitative estimate of drug-likeness (QED) is 0.868. The summed E-state index contributed by atoms with van der Waals surface area (Å²) in [5.41, 5.74) is 0.0177. The highest BCUT2D eigenvalue weighted by Gasteiger charge is 2.23. The largest absolute Gasteiger partial charge is 0.478 e. The Morgan fingerprint density at radius 1 is 1.41 bits per heavy atom. The molecule has 0 bridgehead atoms. The molecule has 0 fully saturated rings. The van der Waals surface area contributed by atoms with Gasteiger partial charge in [0.25, 0.3) is 0 Å². The number of sulfonamides is 1. The third-order valence-electron chi connectivity index (χ3n) is 2.29. The Bertz CT molecular complexity index is 508. The van der Waals surface area contributed by atoms with Crippen molar-refractivity contribution >= 4 is 21.8 Å². The van der Waals surface area contributed by atoms with Crippen molar-refractivity contribution in [2.45, 2.75) is 19.1 Å². The fourth-order valence-electron chi connectivity index (χ4n) is 1.15. The highest BCUT2D eigenvalue weighted by molar-refractivity contribution is 7.93. The van der Waals surface area contributed by atoms with Crippen LogP contribution in [-0.2, 0) is 10.0 Å². The number of aromatic nitrogens is 1. The first-order chi connectivity index (χ1) is 7.76. The zero-order valence-corrected chi connectivity index (χ0v) is 10.6. The molecule has 94 valence electrons. The second kappa shape index (κ2) is 4.70. The Hall–Kier alpha value is -1.63. The summed E-state index contributed by atoms with van der Waals surface area (Å²) in [7, 11) is -2.05. The summed E-state index contributed by atoms with van der Waals surface area (Å²) < 4.78 is 24.7. The minimum Gasteiger partial charge on any atom is -0.478 e. The molecule has 7 heteroatoms. The minimum absolute atomic E-state index is 0.0177. The van der Waals surface area contributed by atoms with E-state index in [1.54, 1.807) is 13.8 Å². The van der Waals surface area contributed by atoms with Gasteiger partial charge in [-0.3, -0.25) is 4.31 Å². The van der Waals surface area contributed by atoms with Crippen LogP contribution in [0.5, 0.6) is 0 Å². The Morgan fingerprint density at radius 2 is 2.00 bits per heavy atom. The lowest BCUT2D eigenvalue weighted by atomic mass is 10.3. The van der Waals surface area contributed by atoms with Crippen LogP contribution in [0.25, 0.3) is 0 Å². The van der Waals surface area contributed by atoms with Crippen LogP contribution in [0.15, 0.2) is 18.3 Å². The van der Waals surface area contributed by atoms with Crippen molar-refractivity contribution < 1.29 is 18.3 Å². The molecule has 17 heavy (non-hydrogen) atoms. The highest BCUT2D eigenvalue weighted by Crippen LogP contribution is 2.16.